The van der Waals surface area contributed by atoms with Gasteiger partial charge in [0.2, 0.25) is 5.91 Å². The monoisotopic (exact) mass is 448 g/mol. The second-order valence-corrected chi connectivity index (χ2v) is 7.51. The highest BCUT2D eigenvalue weighted by Crippen LogP contribution is 2.24. The quantitative estimate of drug-likeness (QED) is 0.264. The molecule has 8 nitrogen and oxygen atoms in total. The predicted molar refractivity (Wildman–Crippen MR) is 123 cm³/mol. The molecule has 0 bridgehead atoms. The van der Waals surface area contributed by atoms with Crippen LogP contribution < -0.4 is 10.1 Å². The van der Waals surface area contributed by atoms with Crippen molar-refractivity contribution in [1.82, 2.24) is 0 Å². The van der Waals surface area contributed by atoms with Crippen molar-refractivity contribution in [3.8, 4) is 11.5 Å². The van der Waals surface area contributed by atoms with Crippen LogP contribution in [0.2, 0.25) is 0 Å². The van der Waals surface area contributed by atoms with Crippen molar-refractivity contribution < 1.29 is 24.0 Å². The summed E-state index contributed by atoms with van der Waals surface area (Å²) in [5.74, 6) is 0.218. The van der Waals surface area contributed by atoms with Gasteiger partial charge >= 0.3 is 5.97 Å². The van der Waals surface area contributed by atoms with E-state index < -0.39 is 10.9 Å². The molecule has 33 heavy (non-hydrogen) atoms. The van der Waals surface area contributed by atoms with Crippen LogP contribution in [0.15, 0.2) is 66.7 Å². The number of aryl methyl sites for hydroxylation is 2. The van der Waals surface area contributed by atoms with Crippen molar-refractivity contribution in [2.24, 2.45) is 0 Å². The van der Waals surface area contributed by atoms with Crippen molar-refractivity contribution in [3.05, 3.63) is 93.5 Å². The number of hydrogen-bond donors (Lipinski definition) is 1. The molecule has 3 rings (SSSR count). The van der Waals surface area contributed by atoms with Crippen LogP contribution in [0.1, 0.15) is 29.5 Å². The van der Waals surface area contributed by atoms with E-state index in [1.54, 1.807) is 24.3 Å². The molecule has 0 aliphatic carbocycles. The van der Waals surface area contributed by atoms with Gasteiger partial charge in [-0.25, -0.2) is 0 Å². The lowest BCUT2D eigenvalue weighted by atomic mass is 10.1. The number of nitrogens with one attached hydrogen (secondary N) is 1. The third kappa shape index (κ3) is 7.17. The lowest BCUT2D eigenvalue weighted by Gasteiger charge is -2.09. The zero-order chi connectivity index (χ0) is 23.8. The van der Waals surface area contributed by atoms with Crippen LogP contribution >= 0.6 is 0 Å². The van der Waals surface area contributed by atoms with Crippen LogP contribution in [-0.4, -0.2) is 16.8 Å². The van der Waals surface area contributed by atoms with Crippen LogP contribution in [-0.2, 0) is 20.9 Å². The van der Waals surface area contributed by atoms with Crippen molar-refractivity contribution in [3.63, 3.8) is 0 Å². The molecule has 0 aromatic heterocycles. The number of nitro groups is 1. The Hall–Kier alpha value is -4.20. The summed E-state index contributed by atoms with van der Waals surface area (Å²) in [6.07, 6.45) is -0.00921. The minimum absolute atomic E-state index is 0.0225. The van der Waals surface area contributed by atoms with Gasteiger partial charge < -0.3 is 14.8 Å². The Bertz CT molecular complexity index is 1160. The Morgan fingerprint density at radius 1 is 0.909 bits per heavy atom. The van der Waals surface area contributed by atoms with E-state index in [1.165, 1.54) is 24.3 Å². The van der Waals surface area contributed by atoms with Gasteiger partial charge in [-0.15, -0.1) is 0 Å². The Kier molecular flexibility index (Phi) is 7.75. The van der Waals surface area contributed by atoms with Crippen LogP contribution in [0, 0.1) is 24.0 Å². The molecule has 8 heteroatoms. The fourth-order valence-corrected chi connectivity index (χ4v) is 2.96. The molecule has 0 spiro atoms. The van der Waals surface area contributed by atoms with E-state index >= 15 is 0 Å². The number of carbonyl (C=O) groups excluding carboxylic acids is 2. The Labute approximate surface area is 191 Å². The Morgan fingerprint density at radius 2 is 1.67 bits per heavy atom. The first-order chi connectivity index (χ1) is 15.8. The van der Waals surface area contributed by atoms with Gasteiger partial charge in [-0.3, -0.25) is 19.7 Å². The summed E-state index contributed by atoms with van der Waals surface area (Å²) in [6.45, 7) is 4.00. The lowest BCUT2D eigenvalue weighted by molar-refractivity contribution is -0.384. The van der Waals surface area contributed by atoms with Crippen molar-refractivity contribution >= 4 is 23.3 Å². The van der Waals surface area contributed by atoms with E-state index in [9.17, 15) is 19.7 Å². The smallest absolute Gasteiger partial charge is 0.306 e. The van der Waals surface area contributed by atoms with E-state index in [0.29, 0.717) is 22.7 Å². The maximum Gasteiger partial charge on any atom is 0.306 e. The third-order valence-corrected chi connectivity index (χ3v) is 4.93. The van der Waals surface area contributed by atoms with Crippen LogP contribution in [0.25, 0.3) is 0 Å². The molecule has 0 fully saturated rings. The number of esters is 1. The molecule has 0 aliphatic rings. The summed E-state index contributed by atoms with van der Waals surface area (Å²) >= 11 is 0. The summed E-state index contributed by atoms with van der Waals surface area (Å²) in [7, 11) is 0. The van der Waals surface area contributed by atoms with Gasteiger partial charge in [0, 0.05) is 24.2 Å². The largest absolute Gasteiger partial charge is 0.461 e. The third-order valence-electron chi connectivity index (χ3n) is 4.93. The fraction of sp³-hybridized carbons (Fsp3) is 0.200. The molecule has 0 unspecified atom stereocenters. The van der Waals surface area contributed by atoms with E-state index in [4.69, 9.17) is 9.47 Å². The van der Waals surface area contributed by atoms with E-state index in [-0.39, 0.29) is 31.0 Å². The van der Waals surface area contributed by atoms with Crippen molar-refractivity contribution in [1.29, 1.82) is 0 Å². The number of anilines is 1. The second kappa shape index (κ2) is 10.9. The number of non-ortho nitro benzene ring substituents is 1. The Morgan fingerprint density at radius 3 is 2.36 bits per heavy atom. The zero-order valence-electron chi connectivity index (χ0n) is 18.4. The van der Waals surface area contributed by atoms with Crippen LogP contribution in [0.5, 0.6) is 11.5 Å². The van der Waals surface area contributed by atoms with Crippen molar-refractivity contribution in [2.75, 3.05) is 5.32 Å². The van der Waals surface area contributed by atoms with Gasteiger partial charge in [-0.2, -0.15) is 0 Å². The Balaban J connectivity index is 1.45. The highest BCUT2D eigenvalue weighted by atomic mass is 16.6. The van der Waals surface area contributed by atoms with Gasteiger partial charge in [0.05, 0.1) is 11.3 Å². The average molecular weight is 448 g/mol. The summed E-state index contributed by atoms with van der Waals surface area (Å²) in [5.41, 5.74) is 3.60. The van der Waals surface area contributed by atoms with Crippen molar-refractivity contribution in [2.45, 2.75) is 33.3 Å². The first-order valence-electron chi connectivity index (χ1n) is 10.3. The molecule has 0 atom stereocenters. The number of hydrogen-bond acceptors (Lipinski definition) is 6. The predicted octanol–water partition coefficient (Wildman–Crippen LogP) is 5.47. The molecule has 1 amide bonds. The van der Waals surface area contributed by atoms with E-state index in [1.807, 2.05) is 32.0 Å². The minimum Gasteiger partial charge on any atom is -0.461 e. The number of ether oxygens (including phenoxy) is 2. The first kappa shape index (κ1) is 23.5. The number of carbonyl (C=O) groups is 2. The number of benzene rings is 3. The summed E-state index contributed by atoms with van der Waals surface area (Å²) in [5, 5.41) is 13.5. The van der Waals surface area contributed by atoms with Gasteiger partial charge in [0.25, 0.3) is 5.69 Å². The van der Waals surface area contributed by atoms with Gasteiger partial charge in [-0.1, -0.05) is 18.2 Å². The molecular weight excluding hydrogens is 424 g/mol. The standard InChI is InChI=1S/C25H24N2O6/c1-17-6-7-20(14-18(17)2)26-24(28)12-13-25(29)32-16-19-4-3-5-23(15-19)33-22-10-8-21(9-11-22)27(30)31/h3-11,14-15H,12-13,16H2,1-2H3,(H,26,28). The number of amides is 1. The second-order valence-electron chi connectivity index (χ2n) is 7.51. The molecule has 0 radical (unpaired) electrons. The lowest BCUT2D eigenvalue weighted by Crippen LogP contribution is -2.14. The molecule has 0 heterocycles. The number of nitro benzene ring substituents is 1. The molecule has 0 saturated carbocycles. The molecule has 3 aromatic rings. The molecular formula is C25H24N2O6. The average Bonchev–Trinajstić information content (AvgIpc) is 2.79. The van der Waals surface area contributed by atoms with Gasteiger partial charge in [-0.05, 0) is 66.9 Å². The normalized spacial score (nSPS) is 10.4. The summed E-state index contributed by atoms with van der Waals surface area (Å²) < 4.78 is 11.0. The summed E-state index contributed by atoms with van der Waals surface area (Å²) in [6, 6.07) is 18.3. The molecule has 0 aliphatic heterocycles. The molecule has 170 valence electrons. The van der Waals surface area contributed by atoms with Gasteiger partial charge in [0.1, 0.15) is 18.1 Å². The minimum atomic E-state index is -0.480. The SMILES string of the molecule is Cc1ccc(NC(=O)CCC(=O)OCc2cccc(Oc3ccc([N+](=O)[O-])cc3)c2)cc1C. The molecule has 3 aromatic carbocycles. The van der Waals surface area contributed by atoms with E-state index in [0.717, 1.165) is 11.1 Å². The van der Waals surface area contributed by atoms with E-state index in [2.05, 4.69) is 5.32 Å². The van der Waals surface area contributed by atoms with Crippen LogP contribution in [0.3, 0.4) is 0 Å². The topological polar surface area (TPSA) is 108 Å². The maximum atomic E-state index is 12.1. The zero-order valence-corrected chi connectivity index (χ0v) is 18.4. The highest BCUT2D eigenvalue weighted by molar-refractivity contribution is 5.92. The first-order valence-corrected chi connectivity index (χ1v) is 10.3. The fourth-order valence-electron chi connectivity index (χ4n) is 2.96. The highest BCUT2D eigenvalue weighted by Gasteiger charge is 2.10. The number of rotatable bonds is 9. The van der Waals surface area contributed by atoms with Crippen LogP contribution in [0.4, 0.5) is 11.4 Å². The number of nitrogens with zero attached hydrogens (tertiary/aromatic N) is 1. The van der Waals surface area contributed by atoms with Gasteiger partial charge in [0.15, 0.2) is 0 Å². The summed E-state index contributed by atoms with van der Waals surface area (Å²) in [4.78, 5) is 34.4. The molecule has 0 saturated heterocycles. The molecule has 1 N–H and O–H groups in total. The maximum absolute atomic E-state index is 12.1.